The number of fused-ring (bicyclic) bond motifs is 3. The highest BCUT2D eigenvalue weighted by molar-refractivity contribution is 7.90. The van der Waals surface area contributed by atoms with Gasteiger partial charge in [0, 0.05) is 48.2 Å². The Morgan fingerprint density at radius 3 is 2.54 bits per heavy atom. The number of alkyl halides is 2. The van der Waals surface area contributed by atoms with E-state index in [1.165, 1.54) is 53.0 Å². The number of hydrogen-bond donors (Lipinski definition) is 0. The number of sulfone groups is 1. The van der Waals surface area contributed by atoms with Gasteiger partial charge in [-0.1, -0.05) is 5.21 Å². The van der Waals surface area contributed by atoms with E-state index < -0.39 is 59.0 Å². The predicted octanol–water partition coefficient (Wildman–Crippen LogP) is 5.79. The lowest BCUT2D eigenvalue weighted by Gasteiger charge is -2.35. The van der Waals surface area contributed by atoms with Crippen molar-refractivity contribution < 1.29 is 30.1 Å². The number of benzene rings is 1. The highest BCUT2D eigenvalue weighted by Gasteiger charge is 2.41. The van der Waals surface area contributed by atoms with Crippen LogP contribution in [0.1, 0.15) is 47.2 Å². The minimum Gasteiger partial charge on any atom is -0.329 e. The van der Waals surface area contributed by atoms with Gasteiger partial charge in [-0.3, -0.25) is 9.97 Å². The SMILES string of the molecule is [2H]C([2H])([2H])c1nnn(C)c1-c1cnc2c3c(F)cc(S(C)(=O)=O)cc3n([C@@H](c3ncccc3F)C3CCC(F)(F)CC3)c2c1. The molecule has 1 aromatic carbocycles. The second kappa shape index (κ2) is 9.61. The van der Waals surface area contributed by atoms with Crippen molar-refractivity contribution in [1.82, 2.24) is 29.5 Å². The summed E-state index contributed by atoms with van der Waals surface area (Å²) >= 11 is 0. The van der Waals surface area contributed by atoms with Crippen molar-refractivity contribution in [2.45, 2.75) is 49.4 Å². The molecule has 6 rings (SSSR count). The van der Waals surface area contributed by atoms with E-state index in [0.29, 0.717) is 0 Å². The zero-order chi connectivity index (χ0) is 31.8. The molecule has 41 heavy (non-hydrogen) atoms. The summed E-state index contributed by atoms with van der Waals surface area (Å²) in [5.74, 6) is -5.16. The van der Waals surface area contributed by atoms with Crippen molar-refractivity contribution >= 4 is 31.8 Å². The molecule has 0 amide bonds. The molecule has 0 aliphatic heterocycles. The molecule has 1 atom stereocenters. The van der Waals surface area contributed by atoms with E-state index >= 15 is 8.78 Å². The smallest absolute Gasteiger partial charge is 0.248 e. The Kier molecular flexibility index (Phi) is 5.58. The number of halogens is 4. The van der Waals surface area contributed by atoms with Gasteiger partial charge in [0.05, 0.1) is 50.0 Å². The van der Waals surface area contributed by atoms with Crippen molar-refractivity contribution in [2.75, 3.05) is 6.26 Å². The van der Waals surface area contributed by atoms with Crippen LogP contribution in [0.2, 0.25) is 0 Å². The maximum absolute atomic E-state index is 15.9. The first kappa shape index (κ1) is 23.8. The maximum Gasteiger partial charge on any atom is 0.248 e. The van der Waals surface area contributed by atoms with E-state index in [0.717, 1.165) is 12.3 Å². The van der Waals surface area contributed by atoms with E-state index in [2.05, 4.69) is 20.3 Å². The van der Waals surface area contributed by atoms with Crippen LogP contribution in [0.15, 0.2) is 47.6 Å². The Morgan fingerprint density at radius 1 is 1.10 bits per heavy atom. The summed E-state index contributed by atoms with van der Waals surface area (Å²) in [6, 6.07) is 5.11. The Bertz CT molecular complexity index is 2030. The number of nitrogens with zero attached hydrogens (tertiary/aromatic N) is 6. The van der Waals surface area contributed by atoms with Gasteiger partial charge in [0.1, 0.15) is 11.6 Å². The molecule has 5 aromatic rings. The summed E-state index contributed by atoms with van der Waals surface area (Å²) in [4.78, 5) is 8.40. The molecule has 4 aromatic heterocycles. The predicted molar refractivity (Wildman–Crippen MR) is 144 cm³/mol. The first-order valence-electron chi connectivity index (χ1n) is 14.3. The molecule has 0 radical (unpaired) electrons. The molecule has 0 N–H and O–H groups in total. The molecule has 0 unspecified atom stereocenters. The van der Waals surface area contributed by atoms with Crippen LogP contribution in [0.25, 0.3) is 33.2 Å². The van der Waals surface area contributed by atoms with Crippen LogP contribution < -0.4 is 0 Å². The Morgan fingerprint density at radius 2 is 1.85 bits per heavy atom. The van der Waals surface area contributed by atoms with Gasteiger partial charge in [-0.15, -0.1) is 5.10 Å². The number of rotatable bonds is 5. The van der Waals surface area contributed by atoms with Crippen LogP contribution in [0, 0.1) is 24.4 Å². The second-order valence-electron chi connectivity index (χ2n) is 10.5. The number of aryl methyl sites for hydroxylation is 2. The van der Waals surface area contributed by atoms with Crippen molar-refractivity contribution in [3.63, 3.8) is 0 Å². The fraction of sp³-hybridized carbons (Fsp3) is 0.357. The minimum atomic E-state index is -3.93. The second-order valence-corrected chi connectivity index (χ2v) is 12.5. The summed E-state index contributed by atoms with van der Waals surface area (Å²) in [6.45, 7) is -2.64. The van der Waals surface area contributed by atoms with Crippen LogP contribution in [0.3, 0.4) is 0 Å². The van der Waals surface area contributed by atoms with Crippen LogP contribution in [-0.2, 0) is 16.9 Å². The molecular formula is C28H26F4N6O2S. The third-order valence-electron chi connectivity index (χ3n) is 7.75. The van der Waals surface area contributed by atoms with Crippen LogP contribution in [0.4, 0.5) is 17.6 Å². The molecule has 1 fully saturated rings. The van der Waals surface area contributed by atoms with Crippen molar-refractivity contribution in [3.05, 3.63) is 65.7 Å². The van der Waals surface area contributed by atoms with Gasteiger partial charge < -0.3 is 4.57 Å². The third-order valence-corrected chi connectivity index (χ3v) is 8.84. The summed E-state index contributed by atoms with van der Waals surface area (Å²) in [5, 5.41) is 7.59. The lowest BCUT2D eigenvalue weighted by Crippen LogP contribution is -2.31. The van der Waals surface area contributed by atoms with E-state index in [1.807, 2.05) is 0 Å². The van der Waals surface area contributed by atoms with Gasteiger partial charge in [0.15, 0.2) is 9.84 Å². The fourth-order valence-corrected chi connectivity index (χ4v) is 6.47. The molecule has 13 heteroatoms. The molecule has 1 saturated carbocycles. The molecule has 0 saturated heterocycles. The van der Waals surface area contributed by atoms with Gasteiger partial charge in [0.25, 0.3) is 0 Å². The Labute approximate surface area is 237 Å². The number of hydrogen-bond acceptors (Lipinski definition) is 6. The standard InChI is InChI=1S/C28H26F4N6O2S/c1-15-26(37(2)36-35-15)17-11-22-25(34-14-17)23-20(30)12-18(41(3,39)40)13-21(23)38(22)27(24-19(29)5-4-10-33-24)16-6-8-28(31,32)9-7-16/h4-5,10-14,16,27H,6-9H2,1-3H3/t27-/m1/s1/i1D3. The zero-order valence-corrected chi connectivity index (χ0v) is 22.8. The van der Waals surface area contributed by atoms with Crippen LogP contribution in [0.5, 0.6) is 0 Å². The molecule has 4 heterocycles. The average molecular weight is 590 g/mol. The topological polar surface area (TPSA) is 95.6 Å². The monoisotopic (exact) mass is 589 g/mol. The van der Waals surface area contributed by atoms with Crippen molar-refractivity contribution in [3.8, 4) is 11.3 Å². The molecular weight excluding hydrogens is 560 g/mol. The highest BCUT2D eigenvalue weighted by Crippen LogP contribution is 2.46. The number of pyridine rings is 2. The molecule has 0 bridgehead atoms. The molecule has 8 nitrogen and oxygen atoms in total. The summed E-state index contributed by atoms with van der Waals surface area (Å²) in [7, 11) is -2.44. The Balaban J connectivity index is 1.73. The normalized spacial score (nSPS) is 18.3. The average Bonchev–Trinajstić information content (AvgIpc) is 3.48. The first-order valence-corrected chi connectivity index (χ1v) is 14.7. The molecule has 0 spiro atoms. The van der Waals surface area contributed by atoms with E-state index in [-0.39, 0.29) is 62.3 Å². The van der Waals surface area contributed by atoms with Gasteiger partial charge in [-0.2, -0.15) is 0 Å². The van der Waals surface area contributed by atoms with Gasteiger partial charge in [-0.25, -0.2) is 30.7 Å². The van der Waals surface area contributed by atoms with E-state index in [1.54, 1.807) is 0 Å². The Hall–Kier alpha value is -3.87. The lowest BCUT2D eigenvalue weighted by atomic mass is 9.80. The van der Waals surface area contributed by atoms with Crippen molar-refractivity contribution in [1.29, 1.82) is 0 Å². The van der Waals surface area contributed by atoms with Gasteiger partial charge in [-0.05, 0) is 55.9 Å². The number of aromatic nitrogens is 6. The van der Waals surface area contributed by atoms with Gasteiger partial charge in [0.2, 0.25) is 5.92 Å². The van der Waals surface area contributed by atoms with Gasteiger partial charge >= 0.3 is 0 Å². The highest BCUT2D eigenvalue weighted by atomic mass is 32.2. The molecule has 214 valence electrons. The fourth-order valence-electron chi connectivity index (χ4n) is 5.83. The maximum atomic E-state index is 15.9. The minimum absolute atomic E-state index is 0.0228. The zero-order valence-electron chi connectivity index (χ0n) is 24.9. The first-order chi connectivity index (χ1) is 20.6. The van der Waals surface area contributed by atoms with Crippen LogP contribution >= 0.6 is 0 Å². The van der Waals surface area contributed by atoms with Crippen molar-refractivity contribution in [2.24, 2.45) is 13.0 Å². The lowest BCUT2D eigenvalue weighted by molar-refractivity contribution is -0.0495. The summed E-state index contributed by atoms with van der Waals surface area (Å²) in [5.41, 5.74) is 0.238. The molecule has 1 aliphatic carbocycles. The quantitative estimate of drug-likeness (QED) is 0.241. The van der Waals surface area contributed by atoms with E-state index in [9.17, 15) is 17.2 Å². The van der Waals surface area contributed by atoms with Crippen LogP contribution in [-0.4, -0.2) is 50.1 Å². The largest absolute Gasteiger partial charge is 0.329 e. The molecule has 1 aliphatic rings. The third kappa shape index (κ3) is 4.65. The summed E-state index contributed by atoms with van der Waals surface area (Å²) < 4.78 is 112. The summed E-state index contributed by atoms with van der Waals surface area (Å²) in [6.07, 6.45) is 2.62. The van der Waals surface area contributed by atoms with E-state index in [4.69, 9.17) is 4.11 Å².